The molecule has 0 atom stereocenters. The first-order valence-electron chi connectivity index (χ1n) is 8.24. The number of hydrogen-bond donors (Lipinski definition) is 1. The van der Waals surface area contributed by atoms with Gasteiger partial charge in [-0.1, -0.05) is 6.07 Å². The summed E-state index contributed by atoms with van der Waals surface area (Å²) in [6.07, 6.45) is 0. The third kappa shape index (κ3) is 3.50. The molecule has 1 N–H and O–H groups in total. The van der Waals surface area contributed by atoms with Gasteiger partial charge in [0, 0.05) is 16.8 Å². The highest BCUT2D eigenvalue weighted by Crippen LogP contribution is 2.27. The highest BCUT2D eigenvalue weighted by molar-refractivity contribution is 6.04. The Balaban J connectivity index is 1.59. The van der Waals surface area contributed by atoms with E-state index >= 15 is 0 Å². The molecule has 1 amide bonds. The lowest BCUT2D eigenvalue weighted by atomic mass is 10.2. The summed E-state index contributed by atoms with van der Waals surface area (Å²) in [6, 6.07) is 18.0. The van der Waals surface area contributed by atoms with Crippen molar-refractivity contribution in [2.24, 2.45) is 0 Å². The number of benzene rings is 3. The van der Waals surface area contributed by atoms with E-state index in [0.29, 0.717) is 22.7 Å². The van der Waals surface area contributed by atoms with Crippen LogP contribution in [0.25, 0.3) is 22.6 Å². The Morgan fingerprint density at radius 2 is 1.89 bits per heavy atom. The number of ether oxygens (including phenoxy) is 1. The van der Waals surface area contributed by atoms with Gasteiger partial charge in [0.2, 0.25) is 5.89 Å². The summed E-state index contributed by atoms with van der Waals surface area (Å²) in [5.74, 6) is 0.366. The van der Waals surface area contributed by atoms with Crippen molar-refractivity contribution in [3.8, 4) is 17.2 Å². The molecule has 1 aromatic heterocycles. The van der Waals surface area contributed by atoms with E-state index in [-0.39, 0.29) is 5.56 Å². The number of amides is 1. The molecule has 0 aliphatic carbocycles. The topological polar surface area (TPSA) is 64.4 Å². The van der Waals surface area contributed by atoms with Crippen molar-refractivity contribution in [3.63, 3.8) is 0 Å². The van der Waals surface area contributed by atoms with Crippen molar-refractivity contribution < 1.29 is 18.3 Å². The number of oxazole rings is 1. The van der Waals surface area contributed by atoms with Crippen LogP contribution in [-0.4, -0.2) is 18.0 Å². The molecule has 0 spiro atoms. The lowest BCUT2D eigenvalue weighted by molar-refractivity contribution is 0.102. The maximum absolute atomic E-state index is 13.3. The van der Waals surface area contributed by atoms with Crippen LogP contribution >= 0.6 is 0 Å². The normalized spacial score (nSPS) is 10.7. The lowest BCUT2D eigenvalue weighted by Gasteiger charge is -2.04. The van der Waals surface area contributed by atoms with Gasteiger partial charge in [-0.05, 0) is 60.7 Å². The summed E-state index contributed by atoms with van der Waals surface area (Å²) in [5.41, 5.74) is 2.82. The Bertz CT molecular complexity index is 1120. The average molecular weight is 362 g/mol. The molecule has 6 heteroatoms. The van der Waals surface area contributed by atoms with Crippen LogP contribution in [0.15, 0.2) is 71.1 Å². The molecule has 4 aromatic rings. The van der Waals surface area contributed by atoms with Gasteiger partial charge < -0.3 is 14.5 Å². The molecule has 1 heterocycles. The molecule has 0 radical (unpaired) electrons. The summed E-state index contributed by atoms with van der Waals surface area (Å²) in [7, 11) is 1.61. The van der Waals surface area contributed by atoms with E-state index in [1.165, 1.54) is 18.2 Å². The Kier molecular flexibility index (Phi) is 4.30. The molecule has 5 nitrogen and oxygen atoms in total. The van der Waals surface area contributed by atoms with E-state index < -0.39 is 11.7 Å². The smallest absolute Gasteiger partial charge is 0.255 e. The van der Waals surface area contributed by atoms with Crippen LogP contribution in [0, 0.1) is 5.82 Å². The van der Waals surface area contributed by atoms with E-state index in [2.05, 4.69) is 10.3 Å². The quantitative estimate of drug-likeness (QED) is 0.561. The molecule has 0 fully saturated rings. The summed E-state index contributed by atoms with van der Waals surface area (Å²) < 4.78 is 24.2. The molecule has 3 aromatic carbocycles. The molecule has 27 heavy (non-hydrogen) atoms. The standard InChI is InChI=1S/C21H15FN2O3/c1-26-17-8-5-13(6-9-17)21-24-18-12-16(7-10-19(18)27-21)23-20(25)14-3-2-4-15(22)11-14/h2-12H,1H3,(H,23,25). The Hall–Kier alpha value is -3.67. The van der Waals surface area contributed by atoms with E-state index in [9.17, 15) is 9.18 Å². The largest absolute Gasteiger partial charge is 0.497 e. The summed E-state index contributed by atoms with van der Waals surface area (Å²) >= 11 is 0. The minimum Gasteiger partial charge on any atom is -0.497 e. The zero-order valence-corrected chi connectivity index (χ0v) is 14.4. The summed E-state index contributed by atoms with van der Waals surface area (Å²) in [5, 5.41) is 2.74. The summed E-state index contributed by atoms with van der Waals surface area (Å²) in [4.78, 5) is 16.7. The molecule has 0 bridgehead atoms. The van der Waals surface area contributed by atoms with Crippen LogP contribution in [0.3, 0.4) is 0 Å². The van der Waals surface area contributed by atoms with Gasteiger partial charge in [-0.2, -0.15) is 0 Å². The highest BCUT2D eigenvalue weighted by atomic mass is 19.1. The van der Waals surface area contributed by atoms with Gasteiger partial charge >= 0.3 is 0 Å². The SMILES string of the molecule is COc1ccc(-c2nc3cc(NC(=O)c4cccc(F)c4)ccc3o2)cc1. The monoisotopic (exact) mass is 362 g/mol. The first kappa shape index (κ1) is 16.8. The first-order chi connectivity index (χ1) is 13.1. The summed E-state index contributed by atoms with van der Waals surface area (Å²) in [6.45, 7) is 0. The van der Waals surface area contributed by atoms with Crippen molar-refractivity contribution in [1.82, 2.24) is 4.98 Å². The first-order valence-corrected chi connectivity index (χ1v) is 8.24. The number of aromatic nitrogens is 1. The number of nitrogens with one attached hydrogen (secondary N) is 1. The van der Waals surface area contributed by atoms with Crippen LogP contribution in [0.1, 0.15) is 10.4 Å². The third-order valence-corrected chi connectivity index (χ3v) is 4.07. The minimum atomic E-state index is -0.460. The van der Waals surface area contributed by atoms with Crippen LogP contribution in [-0.2, 0) is 0 Å². The number of methoxy groups -OCH3 is 1. The Morgan fingerprint density at radius 3 is 2.63 bits per heavy atom. The van der Waals surface area contributed by atoms with Gasteiger partial charge in [-0.15, -0.1) is 0 Å². The molecule has 0 saturated carbocycles. The maximum atomic E-state index is 13.3. The minimum absolute atomic E-state index is 0.245. The fourth-order valence-electron chi connectivity index (χ4n) is 2.70. The number of hydrogen-bond acceptors (Lipinski definition) is 4. The highest BCUT2D eigenvalue weighted by Gasteiger charge is 2.11. The van der Waals surface area contributed by atoms with E-state index in [1.807, 2.05) is 24.3 Å². The van der Waals surface area contributed by atoms with Gasteiger partial charge in [-0.25, -0.2) is 9.37 Å². The molecule has 0 aliphatic heterocycles. The number of carbonyl (C=O) groups is 1. The fraction of sp³-hybridized carbons (Fsp3) is 0.0476. The predicted molar refractivity (Wildman–Crippen MR) is 100 cm³/mol. The van der Waals surface area contributed by atoms with E-state index in [4.69, 9.17) is 9.15 Å². The second-order valence-electron chi connectivity index (χ2n) is 5.89. The Morgan fingerprint density at radius 1 is 1.07 bits per heavy atom. The number of fused-ring (bicyclic) bond motifs is 1. The second-order valence-corrected chi connectivity index (χ2v) is 5.89. The Labute approximate surface area is 154 Å². The molecule has 0 unspecified atom stereocenters. The lowest BCUT2D eigenvalue weighted by Crippen LogP contribution is -2.11. The van der Waals surface area contributed by atoms with Crippen LogP contribution in [0.4, 0.5) is 10.1 Å². The van der Waals surface area contributed by atoms with Crippen molar-refractivity contribution in [3.05, 3.63) is 78.1 Å². The molecule has 0 aliphatic rings. The zero-order chi connectivity index (χ0) is 18.8. The predicted octanol–water partition coefficient (Wildman–Crippen LogP) is 4.89. The van der Waals surface area contributed by atoms with Crippen molar-refractivity contribution in [1.29, 1.82) is 0 Å². The van der Waals surface area contributed by atoms with Crippen molar-refractivity contribution >= 4 is 22.7 Å². The molecule has 134 valence electrons. The number of nitrogens with zero attached hydrogens (tertiary/aromatic N) is 1. The van der Waals surface area contributed by atoms with Gasteiger partial charge in [0.15, 0.2) is 5.58 Å². The molecule has 0 saturated heterocycles. The van der Waals surface area contributed by atoms with Crippen molar-refractivity contribution in [2.45, 2.75) is 0 Å². The maximum Gasteiger partial charge on any atom is 0.255 e. The molecular weight excluding hydrogens is 347 g/mol. The van der Waals surface area contributed by atoms with Crippen LogP contribution < -0.4 is 10.1 Å². The fourth-order valence-corrected chi connectivity index (χ4v) is 2.70. The average Bonchev–Trinajstić information content (AvgIpc) is 3.11. The van der Waals surface area contributed by atoms with Crippen LogP contribution in [0.2, 0.25) is 0 Å². The number of carbonyl (C=O) groups excluding carboxylic acids is 1. The van der Waals surface area contributed by atoms with Crippen LogP contribution in [0.5, 0.6) is 5.75 Å². The van der Waals surface area contributed by atoms with E-state index in [0.717, 1.165) is 11.3 Å². The van der Waals surface area contributed by atoms with E-state index in [1.54, 1.807) is 31.4 Å². The number of anilines is 1. The van der Waals surface area contributed by atoms with Gasteiger partial charge in [0.05, 0.1) is 7.11 Å². The van der Waals surface area contributed by atoms with Gasteiger partial charge in [0.1, 0.15) is 17.1 Å². The van der Waals surface area contributed by atoms with Crippen molar-refractivity contribution in [2.75, 3.05) is 12.4 Å². The second kappa shape index (κ2) is 6.92. The third-order valence-electron chi connectivity index (χ3n) is 4.07. The number of rotatable bonds is 4. The van der Waals surface area contributed by atoms with Gasteiger partial charge in [0.25, 0.3) is 5.91 Å². The molecule has 4 rings (SSSR count). The van der Waals surface area contributed by atoms with Gasteiger partial charge in [-0.3, -0.25) is 4.79 Å². The molecular formula is C21H15FN2O3. The zero-order valence-electron chi connectivity index (χ0n) is 14.4. The number of halogens is 1.